The number of carbonyl (C=O) groups is 1. The Morgan fingerprint density at radius 1 is 1.28 bits per heavy atom. The Kier molecular flexibility index (Phi) is 5.83. The van der Waals surface area contributed by atoms with Crippen LogP contribution in [0.4, 0.5) is 0 Å². The van der Waals surface area contributed by atoms with Gasteiger partial charge in [-0.05, 0) is 38.5 Å². The zero-order chi connectivity index (χ0) is 13.8. The van der Waals surface area contributed by atoms with E-state index in [0.29, 0.717) is 15.8 Å². The largest absolute Gasteiger partial charge is 0.351 e. The summed E-state index contributed by atoms with van der Waals surface area (Å²) in [5.41, 5.74) is 0.888. The monoisotopic (exact) mass is 305 g/mol. The second kappa shape index (κ2) is 6.69. The van der Waals surface area contributed by atoms with E-state index < -0.39 is 0 Å². The van der Waals surface area contributed by atoms with Crippen molar-refractivity contribution in [3.63, 3.8) is 0 Å². The predicted octanol–water partition coefficient (Wildman–Crippen LogP) is 4.14. The second-order valence-corrected chi connectivity index (χ2v) is 6.84. The molecule has 0 atom stereocenters. The summed E-state index contributed by atoms with van der Waals surface area (Å²) in [5, 5.41) is 4.02. The van der Waals surface area contributed by atoms with Crippen LogP contribution in [-0.4, -0.2) is 17.2 Å². The van der Waals surface area contributed by atoms with Crippen molar-refractivity contribution in [2.24, 2.45) is 0 Å². The van der Waals surface area contributed by atoms with Crippen LogP contribution >= 0.6 is 35.0 Å². The Bertz CT molecular complexity index is 429. The van der Waals surface area contributed by atoms with Crippen molar-refractivity contribution in [1.82, 2.24) is 5.32 Å². The van der Waals surface area contributed by atoms with Crippen molar-refractivity contribution >= 4 is 40.9 Å². The van der Waals surface area contributed by atoms with Crippen LogP contribution in [0, 0.1) is 0 Å². The summed E-state index contributed by atoms with van der Waals surface area (Å²) in [6, 6.07) is 5.52. The summed E-state index contributed by atoms with van der Waals surface area (Å²) in [7, 11) is 0. The molecule has 1 rings (SSSR count). The van der Waals surface area contributed by atoms with E-state index in [9.17, 15) is 4.79 Å². The summed E-state index contributed by atoms with van der Waals surface area (Å²) < 4.78 is 0. The van der Waals surface area contributed by atoms with Gasteiger partial charge in [-0.25, -0.2) is 0 Å². The molecule has 0 saturated heterocycles. The number of carbonyl (C=O) groups excluding carboxylic acids is 1. The number of nitrogens with one attached hydrogen (secondary N) is 1. The van der Waals surface area contributed by atoms with Crippen LogP contribution < -0.4 is 5.32 Å². The van der Waals surface area contributed by atoms with Gasteiger partial charge in [0.1, 0.15) is 0 Å². The highest BCUT2D eigenvalue weighted by atomic mass is 35.5. The average Bonchev–Trinajstić information content (AvgIpc) is 2.20. The first kappa shape index (κ1) is 15.7. The predicted molar refractivity (Wildman–Crippen MR) is 80.5 cm³/mol. The molecule has 0 radical (unpaired) electrons. The van der Waals surface area contributed by atoms with E-state index in [1.807, 2.05) is 32.9 Å². The van der Waals surface area contributed by atoms with Crippen molar-refractivity contribution in [2.45, 2.75) is 32.1 Å². The molecule has 0 bridgehead atoms. The van der Waals surface area contributed by atoms with E-state index in [1.165, 1.54) is 0 Å². The highest BCUT2D eigenvalue weighted by molar-refractivity contribution is 7.99. The molecule has 0 aliphatic heterocycles. The molecule has 0 aliphatic carbocycles. The van der Waals surface area contributed by atoms with Crippen molar-refractivity contribution < 1.29 is 4.79 Å². The molecule has 1 aromatic rings. The molecule has 0 unspecified atom stereocenters. The molecule has 1 aromatic carbocycles. The highest BCUT2D eigenvalue weighted by Crippen LogP contribution is 2.24. The van der Waals surface area contributed by atoms with E-state index >= 15 is 0 Å². The molecular weight excluding hydrogens is 289 g/mol. The van der Waals surface area contributed by atoms with E-state index in [0.717, 1.165) is 11.3 Å². The van der Waals surface area contributed by atoms with E-state index in [-0.39, 0.29) is 11.4 Å². The molecule has 2 nitrogen and oxygen atoms in total. The van der Waals surface area contributed by atoms with Crippen LogP contribution in [0.3, 0.4) is 0 Å². The molecule has 0 aromatic heterocycles. The molecule has 0 heterocycles. The summed E-state index contributed by atoms with van der Waals surface area (Å²) in [4.78, 5) is 11.6. The van der Waals surface area contributed by atoms with Crippen molar-refractivity contribution in [2.75, 3.05) is 5.75 Å². The topological polar surface area (TPSA) is 29.1 Å². The maximum atomic E-state index is 11.6. The summed E-state index contributed by atoms with van der Waals surface area (Å²) in [6.07, 6.45) is 0. The van der Waals surface area contributed by atoms with Crippen molar-refractivity contribution in [3.05, 3.63) is 33.8 Å². The van der Waals surface area contributed by atoms with Gasteiger partial charge in [-0.15, -0.1) is 11.8 Å². The van der Waals surface area contributed by atoms with Crippen molar-refractivity contribution in [1.29, 1.82) is 0 Å². The first-order valence-electron chi connectivity index (χ1n) is 5.60. The summed E-state index contributed by atoms with van der Waals surface area (Å²) in [6.45, 7) is 5.90. The van der Waals surface area contributed by atoms with Gasteiger partial charge in [0.25, 0.3) is 0 Å². The number of hydrogen-bond acceptors (Lipinski definition) is 2. The molecule has 5 heteroatoms. The third-order valence-electron chi connectivity index (χ3n) is 2.00. The molecular formula is C13H17Cl2NOS. The first-order valence-corrected chi connectivity index (χ1v) is 7.52. The SMILES string of the molecule is CC(C)(C)NC(=O)CSCc1ccc(Cl)c(Cl)c1. The van der Waals surface area contributed by atoms with Gasteiger partial charge in [-0.2, -0.15) is 0 Å². The van der Waals surface area contributed by atoms with Gasteiger partial charge in [0, 0.05) is 11.3 Å². The molecule has 0 spiro atoms. The first-order chi connectivity index (χ1) is 8.28. The van der Waals surface area contributed by atoms with Crippen LogP contribution in [0.25, 0.3) is 0 Å². The standard InChI is InChI=1S/C13H17Cl2NOS/c1-13(2,3)16-12(17)8-18-7-9-4-5-10(14)11(15)6-9/h4-6H,7-8H2,1-3H3,(H,16,17). The number of thioether (sulfide) groups is 1. The van der Waals surface area contributed by atoms with Gasteiger partial charge >= 0.3 is 0 Å². The van der Waals surface area contributed by atoms with Crippen LogP contribution in [0.2, 0.25) is 10.0 Å². The fourth-order valence-electron chi connectivity index (χ4n) is 1.35. The normalized spacial score (nSPS) is 11.4. The maximum absolute atomic E-state index is 11.6. The number of halogens is 2. The minimum Gasteiger partial charge on any atom is -0.351 e. The van der Waals surface area contributed by atoms with Crippen LogP contribution in [-0.2, 0) is 10.5 Å². The molecule has 18 heavy (non-hydrogen) atoms. The summed E-state index contributed by atoms with van der Waals surface area (Å²) >= 11 is 13.3. The lowest BCUT2D eigenvalue weighted by molar-refractivity contribution is -0.119. The van der Waals surface area contributed by atoms with E-state index in [4.69, 9.17) is 23.2 Å². The fraction of sp³-hybridized carbons (Fsp3) is 0.462. The Morgan fingerprint density at radius 3 is 2.50 bits per heavy atom. The minimum absolute atomic E-state index is 0.0487. The molecule has 0 aliphatic rings. The molecule has 1 amide bonds. The highest BCUT2D eigenvalue weighted by Gasteiger charge is 2.13. The van der Waals surface area contributed by atoms with E-state index in [2.05, 4.69) is 5.32 Å². The number of rotatable bonds is 4. The Morgan fingerprint density at radius 2 is 1.94 bits per heavy atom. The van der Waals surface area contributed by atoms with Gasteiger partial charge in [0.15, 0.2) is 0 Å². The van der Waals surface area contributed by atoms with Gasteiger partial charge in [-0.3, -0.25) is 4.79 Å². The van der Waals surface area contributed by atoms with Gasteiger partial charge < -0.3 is 5.32 Å². The number of amides is 1. The smallest absolute Gasteiger partial charge is 0.230 e. The Balaban J connectivity index is 2.38. The zero-order valence-electron chi connectivity index (χ0n) is 10.7. The zero-order valence-corrected chi connectivity index (χ0v) is 13.0. The quantitative estimate of drug-likeness (QED) is 0.905. The summed E-state index contributed by atoms with van der Waals surface area (Å²) in [5.74, 6) is 1.24. The Hall–Kier alpha value is -0.380. The number of hydrogen-bond donors (Lipinski definition) is 1. The second-order valence-electron chi connectivity index (χ2n) is 5.04. The molecule has 100 valence electrons. The lowest BCUT2D eigenvalue weighted by Crippen LogP contribution is -2.41. The van der Waals surface area contributed by atoms with Gasteiger partial charge in [0.05, 0.1) is 15.8 Å². The molecule has 1 N–H and O–H groups in total. The van der Waals surface area contributed by atoms with Crippen molar-refractivity contribution in [3.8, 4) is 0 Å². The van der Waals surface area contributed by atoms with Gasteiger partial charge in [-0.1, -0.05) is 29.3 Å². The van der Waals surface area contributed by atoms with Crippen LogP contribution in [0.5, 0.6) is 0 Å². The van der Waals surface area contributed by atoms with Crippen LogP contribution in [0.15, 0.2) is 18.2 Å². The van der Waals surface area contributed by atoms with Crippen LogP contribution in [0.1, 0.15) is 26.3 Å². The number of benzene rings is 1. The van der Waals surface area contributed by atoms with Gasteiger partial charge in [0.2, 0.25) is 5.91 Å². The third kappa shape index (κ3) is 5.98. The third-order valence-corrected chi connectivity index (χ3v) is 3.74. The minimum atomic E-state index is -0.179. The Labute approximate surface area is 122 Å². The lowest BCUT2D eigenvalue weighted by atomic mass is 10.1. The fourth-order valence-corrected chi connectivity index (χ4v) is 2.44. The average molecular weight is 306 g/mol. The molecule has 0 saturated carbocycles. The maximum Gasteiger partial charge on any atom is 0.230 e. The lowest BCUT2D eigenvalue weighted by Gasteiger charge is -2.20. The molecule has 0 fully saturated rings. The van der Waals surface area contributed by atoms with E-state index in [1.54, 1.807) is 17.8 Å².